The zero-order chi connectivity index (χ0) is 8.41. The lowest BCUT2D eigenvalue weighted by molar-refractivity contribution is 0.0361. The molecule has 0 aromatic carbocycles. The van der Waals surface area contributed by atoms with Crippen LogP contribution >= 0.6 is 34.8 Å². The third-order valence-electron chi connectivity index (χ3n) is 1.70. The Balaban J connectivity index is 4.33. The van der Waals surface area contributed by atoms with E-state index in [9.17, 15) is 5.11 Å². The number of alkyl halides is 3. The molecule has 1 N–H and O–H groups in total. The zero-order valence-electron chi connectivity index (χ0n) is 6.00. The summed E-state index contributed by atoms with van der Waals surface area (Å²) in [6.45, 7) is 3.57. The molecule has 0 aliphatic carbocycles. The highest BCUT2D eigenvalue weighted by atomic mass is 35.6. The van der Waals surface area contributed by atoms with Crippen molar-refractivity contribution in [3.63, 3.8) is 0 Å². The second kappa shape index (κ2) is 3.48. The standard InChI is InChI=1S/C6H11Cl3O/c1-3-5(10,4-2)6(7,8)9/h10H,3-4H2,1-2H3. The summed E-state index contributed by atoms with van der Waals surface area (Å²) in [5, 5.41) is 9.57. The summed E-state index contributed by atoms with van der Waals surface area (Å²) < 4.78 is -1.57. The van der Waals surface area contributed by atoms with Gasteiger partial charge in [-0.2, -0.15) is 0 Å². The maximum Gasteiger partial charge on any atom is 0.218 e. The molecule has 4 heteroatoms. The summed E-state index contributed by atoms with van der Waals surface area (Å²) in [6.07, 6.45) is 0.889. The minimum atomic E-state index is -1.57. The van der Waals surface area contributed by atoms with Gasteiger partial charge >= 0.3 is 0 Å². The lowest BCUT2D eigenvalue weighted by Gasteiger charge is -2.32. The predicted molar refractivity (Wildman–Crippen MR) is 45.8 cm³/mol. The van der Waals surface area contributed by atoms with Crippen molar-refractivity contribution in [2.24, 2.45) is 0 Å². The quantitative estimate of drug-likeness (QED) is 0.688. The molecule has 0 unspecified atom stereocenters. The van der Waals surface area contributed by atoms with Gasteiger partial charge in [0.05, 0.1) is 0 Å². The van der Waals surface area contributed by atoms with E-state index in [4.69, 9.17) is 34.8 Å². The SMILES string of the molecule is CCC(O)(CC)C(Cl)(Cl)Cl. The van der Waals surface area contributed by atoms with Gasteiger partial charge in [0, 0.05) is 0 Å². The number of halogens is 3. The Morgan fingerprint density at radius 2 is 1.40 bits per heavy atom. The van der Waals surface area contributed by atoms with Crippen LogP contribution in [-0.2, 0) is 0 Å². The topological polar surface area (TPSA) is 20.2 Å². The van der Waals surface area contributed by atoms with E-state index in [2.05, 4.69) is 0 Å². The van der Waals surface area contributed by atoms with Crippen LogP contribution in [0.4, 0.5) is 0 Å². The molecule has 0 rings (SSSR count). The number of rotatable bonds is 2. The van der Waals surface area contributed by atoms with Crippen LogP contribution in [0.25, 0.3) is 0 Å². The van der Waals surface area contributed by atoms with Crippen LogP contribution in [-0.4, -0.2) is 14.5 Å². The van der Waals surface area contributed by atoms with Crippen LogP contribution in [0, 0.1) is 0 Å². The maximum atomic E-state index is 9.57. The first-order valence-corrected chi connectivity index (χ1v) is 4.30. The normalized spacial score (nSPS) is 13.8. The molecule has 0 bridgehead atoms. The van der Waals surface area contributed by atoms with Crippen molar-refractivity contribution >= 4 is 34.8 Å². The van der Waals surface area contributed by atoms with Gasteiger partial charge in [-0.25, -0.2) is 0 Å². The van der Waals surface area contributed by atoms with Crippen molar-refractivity contribution in [3.05, 3.63) is 0 Å². The van der Waals surface area contributed by atoms with Gasteiger partial charge in [0.2, 0.25) is 3.79 Å². The minimum Gasteiger partial charge on any atom is -0.385 e. The van der Waals surface area contributed by atoms with Gasteiger partial charge in [0.1, 0.15) is 5.60 Å². The van der Waals surface area contributed by atoms with E-state index in [0.717, 1.165) is 0 Å². The molecule has 0 aliphatic heterocycles. The third kappa shape index (κ3) is 2.16. The molecule has 10 heavy (non-hydrogen) atoms. The van der Waals surface area contributed by atoms with E-state index in [1.165, 1.54) is 0 Å². The van der Waals surface area contributed by atoms with Crippen molar-refractivity contribution < 1.29 is 5.11 Å². The molecule has 0 fully saturated rings. The monoisotopic (exact) mass is 204 g/mol. The smallest absolute Gasteiger partial charge is 0.218 e. The number of hydrogen-bond acceptors (Lipinski definition) is 1. The molecule has 0 atom stereocenters. The van der Waals surface area contributed by atoms with E-state index < -0.39 is 9.39 Å². The first kappa shape index (κ1) is 10.8. The highest BCUT2D eigenvalue weighted by molar-refractivity contribution is 6.68. The van der Waals surface area contributed by atoms with Gasteiger partial charge in [-0.3, -0.25) is 0 Å². The van der Waals surface area contributed by atoms with Gasteiger partial charge in [0.15, 0.2) is 0 Å². The van der Waals surface area contributed by atoms with Gasteiger partial charge < -0.3 is 5.11 Å². The van der Waals surface area contributed by atoms with E-state index in [1.54, 1.807) is 13.8 Å². The lowest BCUT2D eigenvalue weighted by atomic mass is 10.00. The van der Waals surface area contributed by atoms with Gasteiger partial charge in [-0.05, 0) is 12.8 Å². The molecular formula is C6H11Cl3O. The van der Waals surface area contributed by atoms with Gasteiger partial charge in [-0.15, -0.1) is 0 Å². The Kier molecular flexibility index (Phi) is 3.77. The number of hydrogen-bond donors (Lipinski definition) is 1. The Labute approximate surface area is 76.3 Å². The van der Waals surface area contributed by atoms with Crippen molar-refractivity contribution in [2.45, 2.75) is 36.1 Å². The summed E-state index contributed by atoms with van der Waals surface area (Å²) in [5.74, 6) is 0. The second-order valence-corrected chi connectivity index (χ2v) is 4.52. The maximum absolute atomic E-state index is 9.57. The van der Waals surface area contributed by atoms with Gasteiger partial charge in [-0.1, -0.05) is 48.7 Å². The summed E-state index contributed by atoms with van der Waals surface area (Å²) in [6, 6.07) is 0. The largest absolute Gasteiger partial charge is 0.385 e. The van der Waals surface area contributed by atoms with Crippen molar-refractivity contribution in [2.75, 3.05) is 0 Å². The summed E-state index contributed by atoms with van der Waals surface area (Å²) >= 11 is 16.6. The zero-order valence-corrected chi connectivity index (χ0v) is 8.26. The Morgan fingerprint density at radius 1 is 1.10 bits per heavy atom. The van der Waals surface area contributed by atoms with Crippen LogP contribution < -0.4 is 0 Å². The molecule has 0 spiro atoms. The van der Waals surface area contributed by atoms with E-state index in [-0.39, 0.29) is 0 Å². The minimum absolute atomic E-state index is 0.444. The van der Waals surface area contributed by atoms with E-state index in [0.29, 0.717) is 12.8 Å². The van der Waals surface area contributed by atoms with Gasteiger partial charge in [0.25, 0.3) is 0 Å². The highest BCUT2D eigenvalue weighted by Gasteiger charge is 2.43. The second-order valence-electron chi connectivity index (χ2n) is 2.24. The van der Waals surface area contributed by atoms with Crippen molar-refractivity contribution in [1.82, 2.24) is 0 Å². The Bertz CT molecular complexity index is 104. The fraction of sp³-hybridized carbons (Fsp3) is 1.00. The number of aliphatic hydroxyl groups is 1. The summed E-state index contributed by atoms with van der Waals surface area (Å²) in [4.78, 5) is 0. The molecule has 62 valence electrons. The Hall–Kier alpha value is 0.830. The molecule has 1 nitrogen and oxygen atoms in total. The molecule has 0 aromatic heterocycles. The predicted octanol–water partition coefficient (Wildman–Crippen LogP) is 2.91. The molecule has 0 heterocycles. The summed E-state index contributed by atoms with van der Waals surface area (Å²) in [5.41, 5.74) is -1.18. The molecule has 0 radical (unpaired) electrons. The molecule has 0 saturated heterocycles. The molecule has 0 aromatic rings. The van der Waals surface area contributed by atoms with Crippen LogP contribution in [0.5, 0.6) is 0 Å². The fourth-order valence-electron chi connectivity index (χ4n) is 0.651. The fourth-order valence-corrected chi connectivity index (χ4v) is 1.45. The molecule has 0 aliphatic rings. The van der Waals surface area contributed by atoms with Crippen molar-refractivity contribution in [1.29, 1.82) is 0 Å². The van der Waals surface area contributed by atoms with E-state index >= 15 is 0 Å². The first-order valence-electron chi connectivity index (χ1n) is 3.16. The van der Waals surface area contributed by atoms with Crippen LogP contribution in [0.3, 0.4) is 0 Å². The first-order chi connectivity index (χ1) is 4.37. The van der Waals surface area contributed by atoms with E-state index in [1.807, 2.05) is 0 Å². The Morgan fingerprint density at radius 3 is 1.40 bits per heavy atom. The highest BCUT2D eigenvalue weighted by Crippen LogP contribution is 2.41. The third-order valence-corrected chi connectivity index (χ3v) is 2.75. The lowest BCUT2D eigenvalue weighted by Crippen LogP contribution is -2.41. The van der Waals surface area contributed by atoms with Crippen molar-refractivity contribution in [3.8, 4) is 0 Å². The molecule has 0 amide bonds. The summed E-state index contributed by atoms with van der Waals surface area (Å²) in [7, 11) is 0. The van der Waals surface area contributed by atoms with Crippen LogP contribution in [0.15, 0.2) is 0 Å². The van der Waals surface area contributed by atoms with Crippen LogP contribution in [0.1, 0.15) is 26.7 Å². The van der Waals surface area contributed by atoms with Crippen LogP contribution in [0.2, 0.25) is 0 Å². The average molecular weight is 206 g/mol. The molecule has 0 saturated carbocycles. The molecular weight excluding hydrogens is 194 g/mol. The average Bonchev–Trinajstić information content (AvgIpc) is 1.84.